The van der Waals surface area contributed by atoms with Gasteiger partial charge in [-0.25, -0.2) is 4.98 Å². The maximum Gasteiger partial charge on any atom is 0.271 e. The third kappa shape index (κ3) is 2.37. The molecular weight excluding hydrogens is 246 g/mol. The van der Waals surface area contributed by atoms with E-state index in [0.717, 1.165) is 11.4 Å². The molecule has 0 bridgehead atoms. The molecule has 0 aromatic carbocycles. The van der Waals surface area contributed by atoms with Crippen LogP contribution in [0.15, 0.2) is 16.6 Å². The lowest BCUT2D eigenvalue weighted by Gasteiger charge is -1.96. The Bertz CT molecular complexity index is 638. The summed E-state index contributed by atoms with van der Waals surface area (Å²) in [5, 5.41) is 14.9. The van der Waals surface area contributed by atoms with E-state index < -0.39 is 0 Å². The number of nitrogens with one attached hydrogen (secondary N) is 2. The molecule has 0 aliphatic heterocycles. The Morgan fingerprint density at radius 1 is 1.42 bits per heavy atom. The highest BCUT2D eigenvalue weighted by Gasteiger charge is 2.13. The average molecular weight is 261 g/mol. The van der Waals surface area contributed by atoms with E-state index in [9.17, 15) is 4.79 Å². The van der Waals surface area contributed by atoms with Gasteiger partial charge in [-0.05, 0) is 13.8 Å². The van der Waals surface area contributed by atoms with Crippen molar-refractivity contribution in [1.29, 1.82) is 0 Å². The monoisotopic (exact) mass is 261 g/mol. The van der Waals surface area contributed by atoms with Crippen LogP contribution in [0.3, 0.4) is 0 Å². The summed E-state index contributed by atoms with van der Waals surface area (Å²) in [7, 11) is 3.38. The molecule has 0 spiro atoms. The number of aromatic amines is 1. The van der Waals surface area contributed by atoms with E-state index in [1.54, 1.807) is 11.7 Å². The summed E-state index contributed by atoms with van der Waals surface area (Å²) < 4.78 is 1.73. The topological polar surface area (TPSA) is 100 Å². The smallest absolute Gasteiger partial charge is 0.271 e. The van der Waals surface area contributed by atoms with Crippen molar-refractivity contribution < 1.29 is 4.79 Å². The van der Waals surface area contributed by atoms with Gasteiger partial charge < -0.3 is 10.3 Å². The highest BCUT2D eigenvalue weighted by atomic mass is 16.1. The Morgan fingerprint density at radius 2 is 2.16 bits per heavy atom. The Labute approximate surface area is 110 Å². The van der Waals surface area contributed by atoms with Crippen LogP contribution in [0.2, 0.25) is 0 Å². The van der Waals surface area contributed by atoms with E-state index in [2.05, 4.69) is 30.6 Å². The summed E-state index contributed by atoms with van der Waals surface area (Å²) in [4.78, 5) is 18.2. The van der Waals surface area contributed by atoms with Gasteiger partial charge in [0.2, 0.25) is 5.82 Å². The molecule has 0 radical (unpaired) electrons. The Balaban J connectivity index is 2.33. The predicted octanol–water partition coefficient (Wildman–Crippen LogP) is 1.54. The van der Waals surface area contributed by atoms with Gasteiger partial charge in [-0.2, -0.15) is 5.10 Å². The average Bonchev–Trinajstić information content (AvgIpc) is 2.94. The van der Waals surface area contributed by atoms with E-state index in [1.807, 2.05) is 20.9 Å². The van der Waals surface area contributed by atoms with Crippen molar-refractivity contribution in [3.8, 4) is 0 Å². The van der Waals surface area contributed by atoms with Crippen molar-refractivity contribution in [2.24, 2.45) is 17.3 Å². The van der Waals surface area contributed by atoms with Gasteiger partial charge in [0.1, 0.15) is 5.69 Å². The zero-order chi connectivity index (χ0) is 14.0. The van der Waals surface area contributed by atoms with Crippen molar-refractivity contribution in [1.82, 2.24) is 25.1 Å². The fourth-order valence-corrected chi connectivity index (χ4v) is 1.66. The number of aryl methyl sites for hydroxylation is 2. The van der Waals surface area contributed by atoms with Crippen LogP contribution in [0.1, 0.15) is 21.9 Å². The molecule has 0 unspecified atom stereocenters. The van der Waals surface area contributed by atoms with E-state index in [4.69, 9.17) is 0 Å². The van der Waals surface area contributed by atoms with Crippen LogP contribution < -0.4 is 5.32 Å². The lowest BCUT2D eigenvalue weighted by atomic mass is 10.3. The molecule has 19 heavy (non-hydrogen) atoms. The summed E-state index contributed by atoms with van der Waals surface area (Å²) in [6, 6.07) is 0. The number of amides is 1. The molecule has 2 N–H and O–H groups in total. The maximum atomic E-state index is 11.5. The minimum Gasteiger partial charge on any atom is -0.354 e. The third-order valence-corrected chi connectivity index (χ3v) is 2.79. The van der Waals surface area contributed by atoms with E-state index >= 15 is 0 Å². The molecule has 0 saturated carbocycles. The SMILES string of the molecule is CNC(=O)c1[nH]cnc1N=Nc1c(C)nn(C)c1C. The van der Waals surface area contributed by atoms with Gasteiger partial charge in [0, 0.05) is 14.1 Å². The van der Waals surface area contributed by atoms with Crippen LogP contribution in [-0.2, 0) is 7.05 Å². The lowest BCUT2D eigenvalue weighted by molar-refractivity contribution is 0.0959. The molecule has 0 saturated heterocycles. The normalized spacial score (nSPS) is 11.2. The van der Waals surface area contributed by atoms with Crippen molar-refractivity contribution in [2.75, 3.05) is 7.05 Å². The molecule has 0 atom stereocenters. The number of hydrogen-bond donors (Lipinski definition) is 2. The predicted molar refractivity (Wildman–Crippen MR) is 68.8 cm³/mol. The van der Waals surface area contributed by atoms with E-state index in [1.165, 1.54) is 6.33 Å². The van der Waals surface area contributed by atoms with Gasteiger partial charge >= 0.3 is 0 Å². The van der Waals surface area contributed by atoms with E-state index in [0.29, 0.717) is 5.69 Å². The fourth-order valence-electron chi connectivity index (χ4n) is 1.66. The minimum atomic E-state index is -0.286. The zero-order valence-corrected chi connectivity index (χ0v) is 11.2. The van der Waals surface area contributed by atoms with Gasteiger partial charge in [0.05, 0.1) is 17.7 Å². The summed E-state index contributed by atoms with van der Waals surface area (Å²) in [6.07, 6.45) is 1.40. The number of H-pyrrole nitrogens is 1. The van der Waals surface area contributed by atoms with Crippen LogP contribution in [0.5, 0.6) is 0 Å². The summed E-state index contributed by atoms with van der Waals surface area (Å²) in [5.74, 6) is -0.0342. The number of aromatic nitrogens is 4. The number of carbonyl (C=O) groups excluding carboxylic acids is 1. The molecule has 2 rings (SSSR count). The van der Waals surface area contributed by atoms with Crippen molar-refractivity contribution in [3.05, 3.63) is 23.4 Å². The van der Waals surface area contributed by atoms with E-state index in [-0.39, 0.29) is 17.4 Å². The van der Waals surface area contributed by atoms with Crippen molar-refractivity contribution >= 4 is 17.4 Å². The molecule has 8 nitrogen and oxygen atoms in total. The standard InChI is InChI=1S/C11H15N7O/c1-6-8(7(2)18(4)17-6)15-16-10-9(11(19)12-3)13-5-14-10/h5H,1-4H3,(H,12,19)(H,13,14). The molecule has 8 heteroatoms. The van der Waals surface area contributed by atoms with Crippen molar-refractivity contribution in [3.63, 3.8) is 0 Å². The second-order valence-electron chi connectivity index (χ2n) is 4.02. The van der Waals surface area contributed by atoms with Crippen LogP contribution in [0, 0.1) is 13.8 Å². The Hall–Kier alpha value is -2.51. The third-order valence-electron chi connectivity index (χ3n) is 2.79. The summed E-state index contributed by atoms with van der Waals surface area (Å²) in [6.45, 7) is 3.75. The van der Waals surface area contributed by atoms with Crippen LogP contribution in [0.4, 0.5) is 11.5 Å². The number of hydrogen-bond acceptors (Lipinski definition) is 5. The molecule has 2 heterocycles. The zero-order valence-electron chi connectivity index (χ0n) is 11.2. The minimum absolute atomic E-state index is 0.252. The Kier molecular flexibility index (Phi) is 3.41. The number of carbonyl (C=O) groups is 1. The number of nitrogens with zero attached hydrogens (tertiary/aromatic N) is 5. The van der Waals surface area contributed by atoms with Gasteiger partial charge in [-0.3, -0.25) is 9.48 Å². The first kappa shape index (κ1) is 12.9. The molecule has 2 aromatic rings. The summed E-state index contributed by atoms with van der Waals surface area (Å²) >= 11 is 0. The lowest BCUT2D eigenvalue weighted by Crippen LogP contribution is -2.18. The molecular formula is C11H15N7O. The van der Waals surface area contributed by atoms with Gasteiger partial charge in [-0.15, -0.1) is 10.2 Å². The number of azo groups is 1. The highest BCUT2D eigenvalue weighted by Crippen LogP contribution is 2.25. The summed E-state index contributed by atoms with van der Waals surface area (Å²) in [5.41, 5.74) is 2.65. The Morgan fingerprint density at radius 3 is 2.74 bits per heavy atom. The maximum absolute atomic E-state index is 11.5. The van der Waals surface area contributed by atoms with Crippen LogP contribution >= 0.6 is 0 Å². The molecule has 1 amide bonds. The highest BCUT2D eigenvalue weighted by molar-refractivity contribution is 5.95. The fraction of sp³-hybridized carbons (Fsp3) is 0.364. The molecule has 0 aliphatic carbocycles. The van der Waals surface area contributed by atoms with Crippen molar-refractivity contribution in [2.45, 2.75) is 13.8 Å². The van der Waals surface area contributed by atoms with Crippen LogP contribution in [0.25, 0.3) is 0 Å². The number of rotatable bonds is 3. The van der Waals surface area contributed by atoms with Gasteiger partial charge in [0.15, 0.2) is 5.69 Å². The quantitative estimate of drug-likeness (QED) is 0.819. The first-order valence-corrected chi connectivity index (χ1v) is 5.72. The van der Waals surface area contributed by atoms with Gasteiger partial charge in [0.25, 0.3) is 5.91 Å². The molecule has 0 fully saturated rings. The first-order valence-electron chi connectivity index (χ1n) is 5.72. The second-order valence-corrected chi connectivity index (χ2v) is 4.02. The first-order chi connectivity index (χ1) is 9.04. The molecule has 2 aromatic heterocycles. The largest absolute Gasteiger partial charge is 0.354 e. The molecule has 0 aliphatic rings. The van der Waals surface area contributed by atoms with Crippen LogP contribution in [-0.4, -0.2) is 32.7 Å². The molecule has 100 valence electrons. The second kappa shape index (κ2) is 5.01. The number of imidazole rings is 1. The van der Waals surface area contributed by atoms with Gasteiger partial charge in [-0.1, -0.05) is 0 Å².